The van der Waals surface area contributed by atoms with Gasteiger partial charge < -0.3 is 5.32 Å². The maximum Gasteiger partial charge on any atom is 0.263 e. The summed E-state index contributed by atoms with van der Waals surface area (Å²) < 4.78 is 56.2. The van der Waals surface area contributed by atoms with Crippen LogP contribution in [0.15, 0.2) is 101 Å². The summed E-state index contributed by atoms with van der Waals surface area (Å²) in [6.07, 6.45) is 0. The minimum absolute atomic E-state index is 0.0262. The zero-order valence-electron chi connectivity index (χ0n) is 19.8. The molecule has 0 aliphatic rings. The zero-order valence-corrected chi connectivity index (χ0v) is 22.9. The molecule has 4 rings (SSSR count). The van der Waals surface area contributed by atoms with E-state index in [-0.39, 0.29) is 20.4 Å². The summed E-state index contributed by atoms with van der Waals surface area (Å²) in [5.41, 5.74) is 1.62. The fraction of sp³-hybridized carbons (Fsp3) is 0.0385. The number of rotatable bonds is 8. The monoisotopic (exact) mass is 589 g/mol. The summed E-state index contributed by atoms with van der Waals surface area (Å²) >= 11 is 12.2. The first kappa shape index (κ1) is 27.5. The summed E-state index contributed by atoms with van der Waals surface area (Å²) in [6, 6.07) is 22.5. The first-order chi connectivity index (χ1) is 18.0. The number of amides is 1. The van der Waals surface area contributed by atoms with Gasteiger partial charge in [-0.05, 0) is 79.2 Å². The predicted molar refractivity (Wildman–Crippen MR) is 150 cm³/mol. The molecule has 4 aromatic rings. The second kappa shape index (κ2) is 11.0. The number of para-hydroxylation sites is 1. The highest BCUT2D eigenvalue weighted by molar-refractivity contribution is 7.93. The summed E-state index contributed by atoms with van der Waals surface area (Å²) in [6.45, 7) is 1.70. The van der Waals surface area contributed by atoms with E-state index >= 15 is 0 Å². The number of benzene rings is 4. The van der Waals surface area contributed by atoms with Crippen molar-refractivity contribution in [3.05, 3.63) is 112 Å². The summed E-state index contributed by atoms with van der Waals surface area (Å²) in [4.78, 5) is 12.6. The summed E-state index contributed by atoms with van der Waals surface area (Å²) in [5, 5.41) is 3.00. The lowest BCUT2D eigenvalue weighted by molar-refractivity contribution is 0.102. The Morgan fingerprint density at radius 1 is 0.684 bits per heavy atom. The van der Waals surface area contributed by atoms with E-state index in [1.165, 1.54) is 42.5 Å². The number of carbonyl (C=O) groups is 1. The Hall–Kier alpha value is -3.57. The molecule has 0 aliphatic carbocycles. The molecular weight excluding hydrogens is 569 g/mol. The molecule has 0 heterocycles. The second-order valence-electron chi connectivity index (χ2n) is 8.11. The Bertz CT molecular complexity index is 1710. The Balaban J connectivity index is 1.50. The van der Waals surface area contributed by atoms with Gasteiger partial charge in [0.2, 0.25) is 0 Å². The molecule has 3 N–H and O–H groups in total. The lowest BCUT2D eigenvalue weighted by Gasteiger charge is -2.13. The number of carbonyl (C=O) groups excluding carboxylic acids is 1. The molecule has 0 spiro atoms. The fourth-order valence-electron chi connectivity index (χ4n) is 3.41. The maximum atomic E-state index is 12.9. The highest BCUT2D eigenvalue weighted by Crippen LogP contribution is 2.27. The zero-order chi connectivity index (χ0) is 27.5. The van der Waals surface area contributed by atoms with E-state index in [9.17, 15) is 21.6 Å². The van der Waals surface area contributed by atoms with Gasteiger partial charge in [0.05, 0.1) is 15.6 Å². The molecule has 0 unspecified atom stereocenters. The molecule has 12 heteroatoms. The minimum Gasteiger partial charge on any atom is -0.322 e. The van der Waals surface area contributed by atoms with Crippen molar-refractivity contribution >= 4 is 66.2 Å². The fourth-order valence-corrected chi connectivity index (χ4v) is 6.29. The van der Waals surface area contributed by atoms with Gasteiger partial charge >= 0.3 is 0 Å². The van der Waals surface area contributed by atoms with Gasteiger partial charge in [-0.3, -0.25) is 14.2 Å². The van der Waals surface area contributed by atoms with Gasteiger partial charge in [-0.25, -0.2) is 16.8 Å². The van der Waals surface area contributed by atoms with E-state index in [1.807, 2.05) is 0 Å². The lowest BCUT2D eigenvalue weighted by Crippen LogP contribution is -2.17. The molecule has 0 saturated heterocycles. The number of halogens is 2. The van der Waals surface area contributed by atoms with Crippen LogP contribution < -0.4 is 14.8 Å². The minimum atomic E-state index is -4.07. The van der Waals surface area contributed by atoms with Crippen LogP contribution in [0.4, 0.5) is 17.1 Å². The third-order valence-electron chi connectivity index (χ3n) is 5.44. The Kier molecular flexibility index (Phi) is 7.98. The average Bonchev–Trinajstić information content (AvgIpc) is 2.87. The first-order valence-corrected chi connectivity index (χ1v) is 14.8. The molecule has 196 valence electrons. The number of anilines is 3. The third kappa shape index (κ3) is 6.28. The van der Waals surface area contributed by atoms with Crippen molar-refractivity contribution in [2.24, 2.45) is 0 Å². The van der Waals surface area contributed by atoms with Crippen molar-refractivity contribution in [3.8, 4) is 0 Å². The van der Waals surface area contributed by atoms with Gasteiger partial charge in [-0.1, -0.05) is 47.5 Å². The van der Waals surface area contributed by atoms with Gasteiger partial charge in [-0.15, -0.1) is 0 Å². The molecule has 0 atom stereocenters. The third-order valence-corrected chi connectivity index (χ3v) is 9.10. The number of hydrogen-bond donors (Lipinski definition) is 3. The van der Waals surface area contributed by atoms with Crippen LogP contribution in [0.2, 0.25) is 10.0 Å². The molecule has 0 aliphatic heterocycles. The number of hydrogen-bond acceptors (Lipinski definition) is 5. The maximum absolute atomic E-state index is 12.9. The van der Waals surface area contributed by atoms with E-state index in [2.05, 4.69) is 14.8 Å². The molecule has 4 aromatic carbocycles. The predicted octanol–water partition coefficient (Wildman–Crippen LogP) is 6.16. The molecular formula is C26H21Cl2N3O5S2. The van der Waals surface area contributed by atoms with Crippen LogP contribution in [0.5, 0.6) is 0 Å². The van der Waals surface area contributed by atoms with Crippen molar-refractivity contribution < 1.29 is 21.6 Å². The topological polar surface area (TPSA) is 121 Å². The van der Waals surface area contributed by atoms with E-state index in [4.69, 9.17) is 23.2 Å². The van der Waals surface area contributed by atoms with Gasteiger partial charge in [0.15, 0.2) is 0 Å². The largest absolute Gasteiger partial charge is 0.322 e. The molecule has 1 amide bonds. The highest BCUT2D eigenvalue weighted by Gasteiger charge is 2.21. The Morgan fingerprint density at radius 2 is 1.37 bits per heavy atom. The van der Waals surface area contributed by atoms with E-state index in [0.717, 1.165) is 0 Å². The van der Waals surface area contributed by atoms with Crippen LogP contribution >= 0.6 is 23.2 Å². The van der Waals surface area contributed by atoms with Crippen LogP contribution in [-0.4, -0.2) is 22.7 Å². The highest BCUT2D eigenvalue weighted by atomic mass is 35.5. The van der Waals surface area contributed by atoms with Gasteiger partial charge in [-0.2, -0.15) is 0 Å². The summed E-state index contributed by atoms with van der Waals surface area (Å²) in [5.74, 6) is -0.610. The molecule has 0 fully saturated rings. The first-order valence-electron chi connectivity index (χ1n) is 11.0. The van der Waals surface area contributed by atoms with Gasteiger partial charge in [0.25, 0.3) is 26.0 Å². The Morgan fingerprint density at radius 3 is 2.05 bits per heavy atom. The molecule has 0 bridgehead atoms. The quantitative estimate of drug-likeness (QED) is 0.227. The second-order valence-corrected chi connectivity index (χ2v) is 12.3. The van der Waals surface area contributed by atoms with Crippen molar-refractivity contribution in [2.45, 2.75) is 16.7 Å². The molecule has 38 heavy (non-hydrogen) atoms. The Labute approximate surface area is 230 Å². The molecule has 0 aromatic heterocycles. The van der Waals surface area contributed by atoms with Gasteiger partial charge in [0.1, 0.15) is 4.90 Å². The molecule has 0 radical (unpaired) electrons. The SMILES string of the molecule is Cc1c(Cl)cccc1NS(=O)(=O)c1ccc(NC(=O)c2ccc(Cl)c(S(=O)(=O)Nc3ccccc3)c2)cc1. The normalized spacial score (nSPS) is 11.6. The van der Waals surface area contributed by atoms with E-state index < -0.39 is 26.0 Å². The summed E-state index contributed by atoms with van der Waals surface area (Å²) in [7, 11) is -7.98. The van der Waals surface area contributed by atoms with Crippen LogP contribution in [0.1, 0.15) is 15.9 Å². The number of sulfonamides is 2. The molecule has 8 nitrogen and oxygen atoms in total. The van der Waals surface area contributed by atoms with E-state index in [1.54, 1.807) is 55.5 Å². The van der Waals surface area contributed by atoms with Crippen LogP contribution in [0, 0.1) is 6.92 Å². The van der Waals surface area contributed by atoms with Gasteiger partial charge in [0, 0.05) is 22.0 Å². The number of nitrogens with one attached hydrogen (secondary N) is 3. The molecule has 0 saturated carbocycles. The smallest absolute Gasteiger partial charge is 0.263 e. The van der Waals surface area contributed by atoms with Crippen molar-refractivity contribution in [2.75, 3.05) is 14.8 Å². The lowest BCUT2D eigenvalue weighted by atomic mass is 10.2. The van der Waals surface area contributed by atoms with Crippen molar-refractivity contribution in [3.63, 3.8) is 0 Å². The van der Waals surface area contributed by atoms with Crippen LogP contribution in [-0.2, 0) is 20.0 Å². The van der Waals surface area contributed by atoms with Crippen LogP contribution in [0.3, 0.4) is 0 Å². The van der Waals surface area contributed by atoms with Crippen molar-refractivity contribution in [1.82, 2.24) is 0 Å². The van der Waals surface area contributed by atoms with Crippen LogP contribution in [0.25, 0.3) is 0 Å². The van der Waals surface area contributed by atoms with E-state index in [0.29, 0.717) is 27.6 Å². The standard InChI is InChI=1S/C26H21Cl2N3O5S2/c1-17-22(27)8-5-9-24(17)31-37(33,34)21-13-11-19(12-14-21)29-26(32)18-10-15-23(28)25(16-18)38(35,36)30-20-6-3-2-4-7-20/h2-16,30-31H,1H3,(H,29,32). The average molecular weight is 591 g/mol. The van der Waals surface area contributed by atoms with Crippen molar-refractivity contribution in [1.29, 1.82) is 0 Å².